The number of hydrogen-bond acceptors (Lipinski definition) is 2. The number of nitrogens with zero attached hydrogens (tertiary/aromatic N) is 1. The van der Waals surface area contributed by atoms with Crippen molar-refractivity contribution < 1.29 is 4.79 Å². The zero-order chi connectivity index (χ0) is 14.4. The standard InChI is InChI=1S/C17H28N2O/c1-2-9-16(18)17(20)19(14-10-5-3-6-11-14)15-12-7-4-8-13-15/h1,14-16H,3-13,18H2. The molecule has 0 aromatic heterocycles. The third-order valence-electron chi connectivity index (χ3n) is 4.85. The van der Waals surface area contributed by atoms with E-state index in [9.17, 15) is 4.79 Å². The molecular weight excluding hydrogens is 248 g/mol. The molecule has 2 rings (SSSR count). The smallest absolute Gasteiger partial charge is 0.240 e. The van der Waals surface area contributed by atoms with Crippen LogP contribution in [-0.4, -0.2) is 28.9 Å². The summed E-state index contributed by atoms with van der Waals surface area (Å²) >= 11 is 0. The van der Waals surface area contributed by atoms with E-state index in [0.717, 1.165) is 25.7 Å². The molecule has 2 N–H and O–H groups in total. The normalized spacial score (nSPS) is 23.0. The summed E-state index contributed by atoms with van der Waals surface area (Å²) in [6, 6.07) is 0.301. The van der Waals surface area contributed by atoms with Crippen LogP contribution in [0.25, 0.3) is 0 Å². The Labute approximate surface area is 123 Å². The summed E-state index contributed by atoms with van der Waals surface area (Å²) in [5.74, 6) is 2.64. The topological polar surface area (TPSA) is 46.3 Å². The molecule has 2 aliphatic rings. The second kappa shape index (κ2) is 7.69. The number of terminal acetylenes is 1. The highest BCUT2D eigenvalue weighted by atomic mass is 16.2. The summed E-state index contributed by atoms with van der Waals surface area (Å²) in [4.78, 5) is 14.9. The van der Waals surface area contributed by atoms with E-state index in [-0.39, 0.29) is 5.91 Å². The van der Waals surface area contributed by atoms with Crippen LogP contribution in [0.5, 0.6) is 0 Å². The van der Waals surface area contributed by atoms with Crippen molar-refractivity contribution in [3.8, 4) is 12.3 Å². The number of carbonyl (C=O) groups excluding carboxylic acids is 1. The number of amides is 1. The van der Waals surface area contributed by atoms with Crippen LogP contribution in [0.2, 0.25) is 0 Å². The van der Waals surface area contributed by atoms with Gasteiger partial charge in [-0.15, -0.1) is 12.3 Å². The van der Waals surface area contributed by atoms with Crippen LogP contribution >= 0.6 is 0 Å². The molecule has 3 heteroatoms. The van der Waals surface area contributed by atoms with E-state index in [0.29, 0.717) is 18.5 Å². The van der Waals surface area contributed by atoms with Gasteiger partial charge in [0, 0.05) is 18.5 Å². The van der Waals surface area contributed by atoms with Gasteiger partial charge in [0.05, 0.1) is 6.04 Å². The molecule has 0 bridgehead atoms. The van der Waals surface area contributed by atoms with Crippen LogP contribution in [0.15, 0.2) is 0 Å². The number of hydrogen-bond donors (Lipinski definition) is 1. The number of carbonyl (C=O) groups is 1. The lowest BCUT2D eigenvalue weighted by Crippen LogP contribution is -2.54. The first-order chi connectivity index (χ1) is 9.74. The van der Waals surface area contributed by atoms with Crippen molar-refractivity contribution in [2.45, 2.75) is 88.8 Å². The Bertz CT molecular complexity index is 330. The van der Waals surface area contributed by atoms with Gasteiger partial charge in [0.25, 0.3) is 0 Å². The van der Waals surface area contributed by atoms with Crippen molar-refractivity contribution in [3.63, 3.8) is 0 Å². The van der Waals surface area contributed by atoms with Gasteiger partial charge in [-0.05, 0) is 25.7 Å². The molecule has 2 aliphatic carbocycles. The van der Waals surface area contributed by atoms with Gasteiger partial charge in [-0.3, -0.25) is 4.79 Å². The SMILES string of the molecule is C#CCC(N)C(=O)N(C1CCCCC1)C1CCCCC1. The van der Waals surface area contributed by atoms with Crippen LogP contribution in [0.3, 0.4) is 0 Å². The predicted molar refractivity (Wildman–Crippen MR) is 82.0 cm³/mol. The molecule has 20 heavy (non-hydrogen) atoms. The Balaban J connectivity index is 2.09. The molecule has 1 atom stereocenters. The second-order valence-electron chi connectivity index (χ2n) is 6.34. The zero-order valence-corrected chi connectivity index (χ0v) is 12.5. The average Bonchev–Trinajstić information content (AvgIpc) is 2.50. The third-order valence-corrected chi connectivity index (χ3v) is 4.85. The molecular formula is C17H28N2O. The highest BCUT2D eigenvalue weighted by Crippen LogP contribution is 2.30. The Morgan fingerprint density at radius 2 is 1.50 bits per heavy atom. The second-order valence-corrected chi connectivity index (χ2v) is 6.34. The Kier molecular flexibility index (Phi) is 5.91. The van der Waals surface area contributed by atoms with E-state index in [1.807, 2.05) is 0 Å². The van der Waals surface area contributed by atoms with Crippen molar-refractivity contribution in [2.75, 3.05) is 0 Å². The van der Waals surface area contributed by atoms with Crippen molar-refractivity contribution in [1.29, 1.82) is 0 Å². The van der Waals surface area contributed by atoms with Crippen LogP contribution in [-0.2, 0) is 4.79 Å². The van der Waals surface area contributed by atoms with Gasteiger partial charge in [-0.1, -0.05) is 38.5 Å². The molecule has 1 amide bonds. The monoisotopic (exact) mass is 276 g/mol. The highest BCUT2D eigenvalue weighted by molar-refractivity contribution is 5.82. The third kappa shape index (κ3) is 3.76. The summed E-state index contributed by atoms with van der Waals surface area (Å²) in [7, 11) is 0. The van der Waals surface area contributed by atoms with Gasteiger partial charge in [0.15, 0.2) is 0 Å². The summed E-state index contributed by atoms with van der Waals surface area (Å²) in [5.41, 5.74) is 6.01. The summed E-state index contributed by atoms with van der Waals surface area (Å²) in [6.07, 6.45) is 17.8. The van der Waals surface area contributed by atoms with Crippen LogP contribution in [0.1, 0.15) is 70.6 Å². The van der Waals surface area contributed by atoms with E-state index < -0.39 is 6.04 Å². The molecule has 0 spiro atoms. The lowest BCUT2D eigenvalue weighted by atomic mass is 9.88. The maximum atomic E-state index is 12.7. The minimum Gasteiger partial charge on any atom is -0.335 e. The molecule has 112 valence electrons. The van der Waals surface area contributed by atoms with E-state index in [2.05, 4.69) is 10.8 Å². The Morgan fingerprint density at radius 3 is 1.90 bits per heavy atom. The Hall–Kier alpha value is -1.01. The maximum absolute atomic E-state index is 12.7. The van der Waals surface area contributed by atoms with E-state index >= 15 is 0 Å². The Morgan fingerprint density at radius 1 is 1.05 bits per heavy atom. The molecule has 0 aliphatic heterocycles. The van der Waals surface area contributed by atoms with Crippen LogP contribution in [0.4, 0.5) is 0 Å². The number of nitrogens with two attached hydrogens (primary N) is 1. The minimum atomic E-state index is -0.510. The van der Waals surface area contributed by atoms with Gasteiger partial charge >= 0.3 is 0 Å². The molecule has 1 unspecified atom stereocenters. The molecule has 0 aromatic carbocycles. The fraction of sp³-hybridized carbons (Fsp3) is 0.824. The van der Waals surface area contributed by atoms with Crippen LogP contribution in [0, 0.1) is 12.3 Å². The quantitative estimate of drug-likeness (QED) is 0.803. The van der Waals surface area contributed by atoms with Crippen molar-refractivity contribution in [3.05, 3.63) is 0 Å². The first-order valence-corrected chi connectivity index (χ1v) is 8.25. The lowest BCUT2D eigenvalue weighted by Gasteiger charge is -2.42. The van der Waals surface area contributed by atoms with Crippen molar-refractivity contribution in [1.82, 2.24) is 4.90 Å². The summed E-state index contributed by atoms with van der Waals surface area (Å²) in [6.45, 7) is 0. The number of rotatable bonds is 4. The zero-order valence-electron chi connectivity index (χ0n) is 12.5. The van der Waals surface area contributed by atoms with E-state index in [1.54, 1.807) is 0 Å². The fourth-order valence-electron chi connectivity index (χ4n) is 3.78. The van der Waals surface area contributed by atoms with Gasteiger partial charge in [0.1, 0.15) is 0 Å². The predicted octanol–water partition coefficient (Wildman–Crippen LogP) is 2.83. The summed E-state index contributed by atoms with van der Waals surface area (Å²) < 4.78 is 0. The average molecular weight is 276 g/mol. The van der Waals surface area contributed by atoms with E-state index in [1.165, 1.54) is 38.5 Å². The minimum absolute atomic E-state index is 0.0988. The summed E-state index contributed by atoms with van der Waals surface area (Å²) in [5, 5.41) is 0. The van der Waals surface area contributed by atoms with Gasteiger partial charge < -0.3 is 10.6 Å². The highest BCUT2D eigenvalue weighted by Gasteiger charge is 2.34. The van der Waals surface area contributed by atoms with E-state index in [4.69, 9.17) is 12.2 Å². The van der Waals surface area contributed by atoms with Crippen LogP contribution < -0.4 is 5.73 Å². The lowest BCUT2D eigenvalue weighted by molar-refractivity contribution is -0.139. The van der Waals surface area contributed by atoms with Crippen molar-refractivity contribution in [2.24, 2.45) is 5.73 Å². The largest absolute Gasteiger partial charge is 0.335 e. The molecule has 3 nitrogen and oxygen atoms in total. The molecule has 0 heterocycles. The first-order valence-electron chi connectivity index (χ1n) is 8.25. The molecule has 2 fully saturated rings. The molecule has 0 aromatic rings. The fourth-order valence-corrected chi connectivity index (χ4v) is 3.78. The van der Waals surface area contributed by atoms with Gasteiger partial charge in [-0.2, -0.15) is 0 Å². The van der Waals surface area contributed by atoms with Gasteiger partial charge in [0.2, 0.25) is 5.91 Å². The molecule has 0 saturated heterocycles. The maximum Gasteiger partial charge on any atom is 0.240 e. The molecule has 0 radical (unpaired) electrons. The first kappa shape index (κ1) is 15.4. The molecule has 2 saturated carbocycles. The van der Waals surface area contributed by atoms with Crippen molar-refractivity contribution >= 4 is 5.91 Å². The van der Waals surface area contributed by atoms with Gasteiger partial charge in [-0.25, -0.2) is 0 Å².